The predicted molar refractivity (Wildman–Crippen MR) is 117 cm³/mol. The Morgan fingerprint density at radius 3 is 2.43 bits per heavy atom. The van der Waals surface area contributed by atoms with Crippen molar-refractivity contribution < 1.29 is 14.0 Å². The van der Waals surface area contributed by atoms with Crippen LogP contribution < -0.4 is 11.2 Å². The molecule has 2 aromatic rings. The second kappa shape index (κ2) is 8.09. The summed E-state index contributed by atoms with van der Waals surface area (Å²) >= 11 is 0. The smallest absolute Gasteiger partial charge is 0.330 e. The van der Waals surface area contributed by atoms with E-state index in [2.05, 4.69) is 38.8 Å². The molecule has 2 heterocycles. The quantitative estimate of drug-likeness (QED) is 0.580. The molecule has 0 amide bonds. The van der Waals surface area contributed by atoms with Crippen LogP contribution in [0.3, 0.4) is 0 Å². The first kappa shape index (κ1) is 22.4. The number of Topliss-reactive ketones (excluding diaryl/α,β-unsaturated/α-hetero) is 1. The summed E-state index contributed by atoms with van der Waals surface area (Å²) in [4.78, 5) is 39.7. The Morgan fingerprint density at radius 1 is 1.20 bits per heavy atom. The summed E-state index contributed by atoms with van der Waals surface area (Å²) in [6.07, 6.45) is -0.181. The summed E-state index contributed by atoms with van der Waals surface area (Å²) in [7, 11) is -2.20. The molecule has 30 heavy (non-hydrogen) atoms. The van der Waals surface area contributed by atoms with Gasteiger partial charge in [0.15, 0.2) is 14.1 Å². The SMILES string of the molecule is Cc1cn([C@H]2C[C@H](O[Si](C)(C)C(C)(C)C)[C@@H](C(=O)c3ccccc3)O2)c(=O)[nH]c1=O. The van der Waals surface area contributed by atoms with Gasteiger partial charge >= 0.3 is 5.69 Å². The second-order valence-corrected chi connectivity index (χ2v) is 14.1. The van der Waals surface area contributed by atoms with E-state index in [1.165, 1.54) is 10.8 Å². The van der Waals surface area contributed by atoms with Crippen LogP contribution in [0.25, 0.3) is 0 Å². The first-order valence-corrected chi connectivity index (χ1v) is 13.1. The highest BCUT2D eigenvalue weighted by molar-refractivity contribution is 6.74. The number of benzene rings is 1. The third-order valence-electron chi connectivity index (χ3n) is 6.10. The van der Waals surface area contributed by atoms with Crippen LogP contribution in [-0.4, -0.2) is 35.9 Å². The molecule has 1 aliphatic rings. The number of carbonyl (C=O) groups is 1. The third-order valence-corrected chi connectivity index (χ3v) is 10.6. The van der Waals surface area contributed by atoms with Gasteiger partial charge in [-0.25, -0.2) is 4.79 Å². The van der Waals surface area contributed by atoms with E-state index in [4.69, 9.17) is 9.16 Å². The number of rotatable bonds is 5. The number of hydrogen-bond acceptors (Lipinski definition) is 5. The number of aromatic nitrogens is 2. The second-order valence-electron chi connectivity index (χ2n) is 9.37. The van der Waals surface area contributed by atoms with E-state index >= 15 is 0 Å². The molecule has 3 atom stereocenters. The van der Waals surface area contributed by atoms with Crippen molar-refractivity contribution in [2.24, 2.45) is 0 Å². The summed E-state index contributed by atoms with van der Waals surface area (Å²) < 4.78 is 14.0. The monoisotopic (exact) mass is 430 g/mol. The van der Waals surface area contributed by atoms with Crippen LogP contribution in [0.4, 0.5) is 0 Å². The van der Waals surface area contributed by atoms with Gasteiger partial charge in [-0.3, -0.25) is 19.1 Å². The highest BCUT2D eigenvalue weighted by Gasteiger charge is 2.47. The number of hydrogen-bond donors (Lipinski definition) is 1. The van der Waals surface area contributed by atoms with Gasteiger partial charge in [0.1, 0.15) is 12.3 Å². The normalized spacial score (nSPS) is 22.3. The van der Waals surface area contributed by atoms with Crippen LogP contribution in [0.15, 0.2) is 46.1 Å². The highest BCUT2D eigenvalue weighted by Crippen LogP contribution is 2.41. The van der Waals surface area contributed by atoms with Crippen molar-refractivity contribution in [1.29, 1.82) is 0 Å². The van der Waals surface area contributed by atoms with Gasteiger partial charge in [-0.05, 0) is 25.1 Å². The minimum atomic E-state index is -2.20. The molecule has 0 bridgehead atoms. The number of aryl methyl sites for hydroxylation is 1. The molecular formula is C22H30N2O5Si. The van der Waals surface area contributed by atoms with Crippen LogP contribution in [0, 0.1) is 6.92 Å². The predicted octanol–water partition coefficient (Wildman–Crippen LogP) is 3.41. The molecule has 1 N–H and O–H groups in total. The van der Waals surface area contributed by atoms with E-state index < -0.39 is 38.0 Å². The first-order valence-electron chi connectivity index (χ1n) is 10.2. The maximum Gasteiger partial charge on any atom is 0.330 e. The van der Waals surface area contributed by atoms with Crippen molar-refractivity contribution in [3.05, 3.63) is 68.5 Å². The molecule has 1 aromatic carbocycles. The summed E-state index contributed by atoms with van der Waals surface area (Å²) in [5.41, 5.74) is -0.0513. The van der Waals surface area contributed by atoms with Gasteiger partial charge in [-0.15, -0.1) is 0 Å². The van der Waals surface area contributed by atoms with Crippen molar-refractivity contribution in [3.63, 3.8) is 0 Å². The lowest BCUT2D eigenvalue weighted by Gasteiger charge is -2.39. The minimum Gasteiger partial charge on any atom is -0.411 e. The molecule has 1 aromatic heterocycles. The van der Waals surface area contributed by atoms with Gasteiger partial charge in [0.2, 0.25) is 0 Å². The average Bonchev–Trinajstić information content (AvgIpc) is 3.06. The maximum atomic E-state index is 13.2. The van der Waals surface area contributed by atoms with Crippen LogP contribution >= 0.6 is 0 Å². The lowest BCUT2D eigenvalue weighted by molar-refractivity contribution is -0.00833. The zero-order chi connectivity index (χ0) is 22.3. The van der Waals surface area contributed by atoms with E-state index in [-0.39, 0.29) is 10.8 Å². The molecule has 0 saturated carbocycles. The van der Waals surface area contributed by atoms with E-state index in [1.807, 2.05) is 6.07 Å². The number of nitrogens with one attached hydrogen (secondary N) is 1. The topological polar surface area (TPSA) is 90.4 Å². The molecule has 0 aliphatic carbocycles. The minimum absolute atomic E-state index is 0.0448. The Labute approximate surface area is 177 Å². The van der Waals surface area contributed by atoms with Crippen LogP contribution in [0.2, 0.25) is 18.1 Å². The zero-order valence-corrected chi connectivity index (χ0v) is 19.4. The fraction of sp³-hybridized carbons (Fsp3) is 0.500. The van der Waals surface area contributed by atoms with Gasteiger partial charge < -0.3 is 9.16 Å². The highest BCUT2D eigenvalue weighted by atomic mass is 28.4. The Morgan fingerprint density at radius 2 is 1.83 bits per heavy atom. The number of ketones is 1. The van der Waals surface area contributed by atoms with Gasteiger partial charge in [0.05, 0.1) is 6.10 Å². The van der Waals surface area contributed by atoms with Crippen LogP contribution in [0.5, 0.6) is 0 Å². The van der Waals surface area contributed by atoms with E-state index in [0.29, 0.717) is 17.5 Å². The standard InChI is InChI=1S/C22H30N2O5Si/c1-14-13-24(21(27)23-20(14)26)17-12-16(29-30(5,6)22(2,3)4)19(28-17)18(25)15-10-8-7-9-11-15/h7-11,13,16-17,19H,12H2,1-6H3,(H,23,26,27)/t16-,17+,19-/m0/s1. The number of aromatic amines is 1. The Kier molecular flexibility index (Phi) is 6.04. The van der Waals surface area contributed by atoms with E-state index in [0.717, 1.165) is 0 Å². The summed E-state index contributed by atoms with van der Waals surface area (Å²) in [5.74, 6) is -0.170. The van der Waals surface area contributed by atoms with Crippen molar-refractivity contribution >= 4 is 14.1 Å². The van der Waals surface area contributed by atoms with Crippen molar-refractivity contribution in [1.82, 2.24) is 9.55 Å². The Bertz CT molecular complexity index is 1040. The molecular weight excluding hydrogens is 400 g/mol. The molecule has 8 heteroatoms. The maximum absolute atomic E-state index is 13.2. The van der Waals surface area contributed by atoms with Crippen molar-refractivity contribution in [2.75, 3.05) is 0 Å². The third kappa shape index (κ3) is 4.40. The van der Waals surface area contributed by atoms with Gasteiger partial charge in [0.25, 0.3) is 5.56 Å². The molecule has 7 nitrogen and oxygen atoms in total. The van der Waals surface area contributed by atoms with Gasteiger partial charge in [-0.2, -0.15) is 0 Å². The largest absolute Gasteiger partial charge is 0.411 e. The summed E-state index contributed by atoms with van der Waals surface area (Å²) in [6.45, 7) is 12.3. The fourth-order valence-electron chi connectivity index (χ4n) is 3.28. The number of H-pyrrole nitrogens is 1. The van der Waals surface area contributed by atoms with E-state index in [1.54, 1.807) is 31.2 Å². The lowest BCUT2D eigenvalue weighted by atomic mass is 10.0. The molecule has 1 fully saturated rings. The lowest BCUT2D eigenvalue weighted by Crippen LogP contribution is -2.47. The first-order chi connectivity index (χ1) is 13.9. The molecule has 1 saturated heterocycles. The van der Waals surface area contributed by atoms with Gasteiger partial charge in [0, 0.05) is 23.7 Å². The van der Waals surface area contributed by atoms with Crippen LogP contribution in [0.1, 0.15) is 49.3 Å². The summed E-state index contributed by atoms with van der Waals surface area (Å²) in [5, 5.41) is -0.0448. The van der Waals surface area contributed by atoms with E-state index in [9.17, 15) is 14.4 Å². The molecule has 1 aliphatic heterocycles. The number of nitrogens with zero attached hydrogens (tertiary/aromatic N) is 1. The van der Waals surface area contributed by atoms with Gasteiger partial charge in [-0.1, -0.05) is 51.1 Å². The number of carbonyl (C=O) groups excluding carboxylic acids is 1. The Balaban J connectivity index is 1.97. The molecule has 0 spiro atoms. The molecule has 3 rings (SSSR count). The average molecular weight is 431 g/mol. The molecule has 0 radical (unpaired) electrons. The summed E-state index contributed by atoms with van der Waals surface area (Å²) in [6, 6.07) is 8.96. The molecule has 0 unspecified atom stereocenters. The van der Waals surface area contributed by atoms with Crippen molar-refractivity contribution in [2.45, 2.75) is 70.7 Å². The molecule has 162 valence electrons. The zero-order valence-electron chi connectivity index (χ0n) is 18.4. The number of ether oxygens (including phenoxy) is 1. The van der Waals surface area contributed by atoms with Crippen LogP contribution in [-0.2, 0) is 9.16 Å². The fourth-order valence-corrected chi connectivity index (χ4v) is 4.61. The van der Waals surface area contributed by atoms with Crippen molar-refractivity contribution in [3.8, 4) is 0 Å². The Hall–Kier alpha value is -2.29.